The first-order valence-corrected chi connectivity index (χ1v) is 9.72. The third-order valence-corrected chi connectivity index (χ3v) is 5.90. The molecule has 0 saturated heterocycles. The van der Waals surface area contributed by atoms with Crippen molar-refractivity contribution in [3.8, 4) is 0 Å². The number of ketones is 1. The molecule has 0 fully saturated rings. The Morgan fingerprint density at radius 1 is 1.53 bits per heavy atom. The zero-order chi connectivity index (χ0) is 13.1. The molecule has 0 bridgehead atoms. The van der Waals surface area contributed by atoms with Gasteiger partial charge in [0.25, 0.3) is 0 Å². The molecular weight excluding hydrogens is 446 g/mol. The summed E-state index contributed by atoms with van der Waals surface area (Å²) >= 11 is 2.10. The Bertz CT molecular complexity index is 244. The molecule has 0 heterocycles. The fraction of sp³-hybridized carbons (Fsp3) is 0.800. The summed E-state index contributed by atoms with van der Waals surface area (Å²) in [7, 11) is 0. The number of nitrogens with one attached hydrogen (secondary N) is 1. The van der Waals surface area contributed by atoms with Crippen LogP contribution >= 0.6 is 22.9 Å². The number of carbonyl (C=O) groups is 1. The molecule has 0 amide bonds. The second kappa shape index (κ2) is 11.5. The molecule has 5 nitrogen and oxygen atoms in total. The fourth-order valence-corrected chi connectivity index (χ4v) is 4.03. The molecule has 5 N–H and O–H groups in total. The molecular formula is C10H21I2N4O-. The van der Waals surface area contributed by atoms with Crippen molar-refractivity contribution >= 4 is 34.6 Å². The van der Waals surface area contributed by atoms with E-state index in [0.29, 0.717) is 12.3 Å². The number of carbonyl (C=O) groups excluding carboxylic acids is 1. The number of aliphatic imine (C=N–C) groups is 1. The van der Waals surface area contributed by atoms with Gasteiger partial charge in [-0.3, -0.25) is 0 Å². The topological polar surface area (TPSA) is 93.5 Å². The SMILES string of the molecule is CCC[I-]CC(=O)[C@@H](CCCN=C(N)N)NI. The fourth-order valence-electron chi connectivity index (χ4n) is 1.17. The van der Waals surface area contributed by atoms with Gasteiger partial charge in [-0.05, 0) is 0 Å². The van der Waals surface area contributed by atoms with Crippen molar-refractivity contribution in [3.63, 3.8) is 0 Å². The molecule has 0 spiro atoms. The Morgan fingerprint density at radius 3 is 2.76 bits per heavy atom. The number of hydrogen-bond acceptors (Lipinski definition) is 3. The van der Waals surface area contributed by atoms with Gasteiger partial charge in [0.15, 0.2) is 0 Å². The van der Waals surface area contributed by atoms with Crippen LogP contribution in [0.25, 0.3) is 0 Å². The molecule has 0 aromatic heterocycles. The van der Waals surface area contributed by atoms with Crippen LogP contribution in [-0.4, -0.2) is 33.2 Å². The van der Waals surface area contributed by atoms with E-state index in [0.717, 1.165) is 17.3 Å². The first-order chi connectivity index (χ1) is 8.11. The number of alkyl halides is 2. The van der Waals surface area contributed by atoms with Crippen molar-refractivity contribution in [2.45, 2.75) is 32.2 Å². The van der Waals surface area contributed by atoms with Crippen LogP contribution in [0.3, 0.4) is 0 Å². The van der Waals surface area contributed by atoms with Gasteiger partial charge < -0.3 is 0 Å². The van der Waals surface area contributed by atoms with E-state index in [1.54, 1.807) is 0 Å². The van der Waals surface area contributed by atoms with E-state index in [4.69, 9.17) is 11.5 Å². The zero-order valence-corrected chi connectivity index (χ0v) is 14.4. The molecule has 102 valence electrons. The molecule has 0 aromatic rings. The van der Waals surface area contributed by atoms with E-state index in [2.05, 4.69) is 15.4 Å². The molecule has 0 saturated carbocycles. The number of nitrogens with zero attached hydrogens (tertiary/aromatic N) is 1. The maximum atomic E-state index is 11.9. The predicted octanol–water partition coefficient (Wildman–Crippen LogP) is -2.58. The van der Waals surface area contributed by atoms with Crippen LogP contribution in [0.2, 0.25) is 0 Å². The number of halogens is 2. The third kappa shape index (κ3) is 10.0. The van der Waals surface area contributed by atoms with E-state index in [9.17, 15) is 4.79 Å². The van der Waals surface area contributed by atoms with Crippen molar-refractivity contribution in [2.24, 2.45) is 16.5 Å². The Hall–Kier alpha value is 0.360. The van der Waals surface area contributed by atoms with Crippen LogP contribution in [0.15, 0.2) is 4.99 Å². The van der Waals surface area contributed by atoms with Gasteiger partial charge in [-0.1, -0.05) is 0 Å². The Kier molecular flexibility index (Phi) is 11.7. The molecule has 0 unspecified atom stereocenters. The van der Waals surface area contributed by atoms with E-state index >= 15 is 0 Å². The third-order valence-electron chi connectivity index (χ3n) is 2.01. The molecule has 0 rings (SSSR count). The number of nitrogens with two attached hydrogens (primary N) is 2. The molecule has 7 heteroatoms. The second-order valence-electron chi connectivity index (χ2n) is 3.59. The first-order valence-electron chi connectivity index (χ1n) is 5.59. The van der Waals surface area contributed by atoms with Gasteiger partial charge in [0.2, 0.25) is 0 Å². The predicted molar refractivity (Wildman–Crippen MR) is 75.9 cm³/mol. The zero-order valence-electron chi connectivity index (χ0n) is 10.1. The Labute approximate surface area is 127 Å². The summed E-state index contributed by atoms with van der Waals surface area (Å²) in [5, 5.41) is 0. The van der Waals surface area contributed by atoms with Crippen molar-refractivity contribution in [1.82, 2.24) is 3.53 Å². The summed E-state index contributed by atoms with van der Waals surface area (Å²) in [4.78, 5) is 15.8. The normalized spacial score (nSPS) is 12.4. The van der Waals surface area contributed by atoms with Crippen LogP contribution in [0, 0.1) is 0 Å². The molecule has 0 aliphatic heterocycles. The van der Waals surface area contributed by atoms with E-state index in [-0.39, 0.29) is 33.2 Å². The van der Waals surface area contributed by atoms with E-state index in [1.807, 2.05) is 22.9 Å². The second-order valence-corrected chi connectivity index (χ2v) is 7.13. The number of guanidine groups is 1. The van der Waals surface area contributed by atoms with Gasteiger partial charge in [0, 0.05) is 0 Å². The summed E-state index contributed by atoms with van der Waals surface area (Å²) in [5.41, 5.74) is 10.5. The monoisotopic (exact) mass is 467 g/mol. The quantitative estimate of drug-likeness (QED) is 0.0823. The van der Waals surface area contributed by atoms with Crippen molar-refractivity contribution in [3.05, 3.63) is 0 Å². The average molecular weight is 467 g/mol. The Morgan fingerprint density at radius 2 is 2.24 bits per heavy atom. The summed E-state index contributed by atoms with van der Waals surface area (Å²) in [6, 6.07) is -0.0404. The van der Waals surface area contributed by atoms with Crippen molar-refractivity contribution in [1.29, 1.82) is 0 Å². The minimum absolute atomic E-state index is 0.0404. The van der Waals surface area contributed by atoms with Crippen molar-refractivity contribution in [2.75, 3.05) is 15.4 Å². The average Bonchev–Trinajstić information content (AvgIpc) is 2.29. The maximum absolute atomic E-state index is 11.9. The van der Waals surface area contributed by atoms with Gasteiger partial charge in [-0.15, -0.1) is 0 Å². The van der Waals surface area contributed by atoms with Gasteiger partial charge >= 0.3 is 128 Å². The van der Waals surface area contributed by atoms with Gasteiger partial charge in [0.1, 0.15) is 0 Å². The molecule has 0 radical (unpaired) electrons. The van der Waals surface area contributed by atoms with Crippen LogP contribution < -0.4 is 36.2 Å². The molecule has 1 atom stereocenters. The standard InChI is InChI=1S/C10H21I2N4O/c1-2-5-12-7-9(17)8(16-11)4-3-6-15-10(13)14/h8,16H,2-7H2,1H3,(H4,13,14,15)/q-1/t8-/m1/s1. The summed E-state index contributed by atoms with van der Waals surface area (Å²) in [6.07, 6.45) is 2.82. The number of Topliss-reactive ketones (excluding diaryl/α,β-unsaturated/α-hetero) is 1. The van der Waals surface area contributed by atoms with Crippen LogP contribution in [0.4, 0.5) is 0 Å². The van der Waals surface area contributed by atoms with Crippen LogP contribution in [0.5, 0.6) is 0 Å². The minimum atomic E-state index is -0.0404. The molecule has 0 aliphatic carbocycles. The van der Waals surface area contributed by atoms with Crippen LogP contribution in [-0.2, 0) is 4.79 Å². The number of hydrogen-bond donors (Lipinski definition) is 3. The summed E-state index contributed by atoms with van der Waals surface area (Å²) in [6.45, 7) is 2.75. The molecule has 17 heavy (non-hydrogen) atoms. The van der Waals surface area contributed by atoms with E-state index in [1.165, 1.54) is 10.8 Å². The molecule has 0 aliphatic rings. The first kappa shape index (κ1) is 17.4. The van der Waals surface area contributed by atoms with Crippen LogP contribution in [0.1, 0.15) is 26.2 Å². The van der Waals surface area contributed by atoms with Gasteiger partial charge in [0.05, 0.1) is 0 Å². The molecule has 0 aromatic carbocycles. The van der Waals surface area contributed by atoms with Gasteiger partial charge in [-0.2, -0.15) is 0 Å². The number of rotatable bonds is 10. The summed E-state index contributed by atoms with van der Waals surface area (Å²) in [5.74, 6) is 0.453. The van der Waals surface area contributed by atoms with Crippen molar-refractivity contribution < 1.29 is 26.0 Å². The van der Waals surface area contributed by atoms with Gasteiger partial charge in [-0.25, -0.2) is 0 Å². The van der Waals surface area contributed by atoms with E-state index < -0.39 is 0 Å². The summed E-state index contributed by atoms with van der Waals surface area (Å²) < 4.78 is 5.05. The Balaban J connectivity index is 3.81.